The van der Waals surface area contributed by atoms with Crippen LogP contribution in [0.4, 0.5) is 0 Å². The van der Waals surface area contributed by atoms with Gasteiger partial charge in [0.25, 0.3) is 5.91 Å². The van der Waals surface area contributed by atoms with Gasteiger partial charge in [-0.2, -0.15) is 5.10 Å². The third-order valence-corrected chi connectivity index (χ3v) is 6.12. The molecule has 0 saturated carbocycles. The second-order valence-corrected chi connectivity index (χ2v) is 8.44. The molecule has 1 atom stereocenters. The molecule has 34 heavy (non-hydrogen) atoms. The van der Waals surface area contributed by atoms with Crippen LogP contribution in [-0.2, 0) is 13.0 Å². The maximum atomic E-state index is 13.1. The molecule has 0 radical (unpaired) electrons. The van der Waals surface area contributed by atoms with E-state index in [0.717, 1.165) is 42.0 Å². The number of hydrogen-bond donors (Lipinski definition) is 0. The fourth-order valence-corrected chi connectivity index (χ4v) is 4.28. The number of aromatic nitrogens is 4. The van der Waals surface area contributed by atoms with Gasteiger partial charge < -0.3 is 18.6 Å². The van der Waals surface area contributed by atoms with Crippen molar-refractivity contribution in [1.82, 2.24) is 24.8 Å². The molecule has 5 rings (SSSR count). The summed E-state index contributed by atoms with van der Waals surface area (Å²) in [6.45, 7) is 3.97. The molecule has 0 aliphatic carbocycles. The fraction of sp³-hybridized carbons (Fsp3) is 0.360. The van der Waals surface area contributed by atoms with E-state index < -0.39 is 0 Å². The van der Waals surface area contributed by atoms with E-state index in [0.29, 0.717) is 31.1 Å². The van der Waals surface area contributed by atoms with Gasteiger partial charge in [0, 0.05) is 43.9 Å². The number of hydrogen-bond acceptors (Lipinski definition) is 7. The topological polar surface area (TPSA) is 99.4 Å². The lowest BCUT2D eigenvalue weighted by Crippen LogP contribution is -2.39. The van der Waals surface area contributed by atoms with Gasteiger partial charge in [-0.05, 0) is 37.5 Å². The molecule has 3 aromatic heterocycles. The van der Waals surface area contributed by atoms with Gasteiger partial charge in [0.2, 0.25) is 5.76 Å². The monoisotopic (exact) mass is 461 g/mol. The van der Waals surface area contributed by atoms with Gasteiger partial charge in [0.05, 0.1) is 25.4 Å². The second-order valence-electron chi connectivity index (χ2n) is 8.44. The molecule has 0 bridgehead atoms. The second kappa shape index (κ2) is 9.54. The SMILES string of the molecule is CCn1cc(-c2cc(C(=O)N3CCC[C@@H](c4ncc(Cc5cccc(OC)c5)o4)C3)on2)cn1. The fourth-order valence-electron chi connectivity index (χ4n) is 4.28. The summed E-state index contributed by atoms with van der Waals surface area (Å²) in [5.74, 6) is 2.37. The van der Waals surface area contributed by atoms with Crippen LogP contribution in [0.3, 0.4) is 0 Å². The van der Waals surface area contributed by atoms with E-state index in [9.17, 15) is 4.79 Å². The van der Waals surface area contributed by atoms with Gasteiger partial charge in [0.1, 0.15) is 17.2 Å². The summed E-state index contributed by atoms with van der Waals surface area (Å²) in [5.41, 5.74) is 2.52. The molecule has 9 heteroatoms. The van der Waals surface area contributed by atoms with E-state index in [1.807, 2.05) is 37.4 Å². The first-order chi connectivity index (χ1) is 16.6. The van der Waals surface area contributed by atoms with Crippen molar-refractivity contribution in [3.8, 4) is 17.0 Å². The summed E-state index contributed by atoms with van der Waals surface area (Å²) in [4.78, 5) is 19.4. The summed E-state index contributed by atoms with van der Waals surface area (Å²) in [6.07, 6.45) is 7.80. The predicted octanol–water partition coefficient (Wildman–Crippen LogP) is 4.17. The molecule has 1 amide bonds. The molecule has 1 fully saturated rings. The Morgan fingerprint density at radius 2 is 2.18 bits per heavy atom. The van der Waals surface area contributed by atoms with Crippen molar-refractivity contribution >= 4 is 5.91 Å². The predicted molar refractivity (Wildman–Crippen MR) is 124 cm³/mol. The molecular formula is C25H27N5O4. The highest BCUT2D eigenvalue weighted by molar-refractivity contribution is 5.92. The summed E-state index contributed by atoms with van der Waals surface area (Å²) < 4.78 is 18.6. The summed E-state index contributed by atoms with van der Waals surface area (Å²) in [6, 6.07) is 9.58. The van der Waals surface area contributed by atoms with Crippen molar-refractivity contribution in [2.24, 2.45) is 0 Å². The summed E-state index contributed by atoms with van der Waals surface area (Å²) >= 11 is 0. The third kappa shape index (κ3) is 4.59. The number of aryl methyl sites for hydroxylation is 1. The number of carbonyl (C=O) groups excluding carboxylic acids is 1. The zero-order chi connectivity index (χ0) is 23.5. The molecule has 1 aromatic carbocycles. The van der Waals surface area contributed by atoms with Crippen molar-refractivity contribution < 1.29 is 18.5 Å². The van der Waals surface area contributed by atoms with Gasteiger partial charge >= 0.3 is 0 Å². The van der Waals surface area contributed by atoms with Crippen molar-refractivity contribution in [1.29, 1.82) is 0 Å². The number of amides is 1. The first-order valence-corrected chi connectivity index (χ1v) is 11.5. The Bertz CT molecular complexity index is 1270. The molecule has 1 saturated heterocycles. The molecule has 4 aromatic rings. The summed E-state index contributed by atoms with van der Waals surface area (Å²) in [5, 5.41) is 8.32. The number of rotatable bonds is 7. The number of carbonyl (C=O) groups is 1. The van der Waals surface area contributed by atoms with Gasteiger partial charge in [-0.3, -0.25) is 9.48 Å². The summed E-state index contributed by atoms with van der Waals surface area (Å²) in [7, 11) is 1.65. The van der Waals surface area contributed by atoms with Crippen LogP contribution in [0.15, 0.2) is 57.9 Å². The van der Waals surface area contributed by atoms with Crippen LogP contribution < -0.4 is 4.74 Å². The number of oxazole rings is 1. The normalized spacial score (nSPS) is 16.1. The molecule has 0 unspecified atom stereocenters. The average Bonchev–Trinajstić information content (AvgIpc) is 3.64. The largest absolute Gasteiger partial charge is 0.497 e. The van der Waals surface area contributed by atoms with Gasteiger partial charge in [-0.1, -0.05) is 17.3 Å². The van der Waals surface area contributed by atoms with E-state index in [4.69, 9.17) is 13.7 Å². The van der Waals surface area contributed by atoms with Gasteiger partial charge in [-0.25, -0.2) is 4.98 Å². The minimum absolute atomic E-state index is 0.0435. The Hall–Kier alpha value is -3.88. The molecule has 4 heterocycles. The molecule has 1 aliphatic rings. The Kier molecular flexibility index (Phi) is 6.16. The van der Waals surface area contributed by atoms with Crippen LogP contribution in [-0.4, -0.2) is 50.9 Å². The van der Waals surface area contributed by atoms with Crippen LogP contribution >= 0.6 is 0 Å². The lowest BCUT2D eigenvalue weighted by molar-refractivity contribution is 0.0656. The van der Waals surface area contributed by atoms with Crippen LogP contribution in [0, 0.1) is 0 Å². The Morgan fingerprint density at radius 3 is 3.00 bits per heavy atom. The van der Waals surface area contributed by atoms with Crippen LogP contribution in [0.25, 0.3) is 11.3 Å². The maximum absolute atomic E-state index is 13.1. The Balaban J connectivity index is 1.25. The lowest BCUT2D eigenvalue weighted by atomic mass is 9.98. The average molecular weight is 462 g/mol. The molecule has 1 aliphatic heterocycles. The van der Waals surface area contributed by atoms with Gasteiger partial charge in [0.15, 0.2) is 5.89 Å². The smallest absolute Gasteiger partial charge is 0.292 e. The number of methoxy groups -OCH3 is 1. The minimum atomic E-state index is -0.172. The Morgan fingerprint density at radius 1 is 1.26 bits per heavy atom. The molecule has 0 spiro atoms. The maximum Gasteiger partial charge on any atom is 0.292 e. The van der Waals surface area contributed by atoms with E-state index in [1.54, 1.807) is 35.2 Å². The van der Waals surface area contributed by atoms with Gasteiger partial charge in [-0.15, -0.1) is 0 Å². The minimum Gasteiger partial charge on any atom is -0.497 e. The number of likely N-dealkylation sites (tertiary alicyclic amines) is 1. The van der Waals surface area contributed by atoms with Crippen LogP contribution in [0.1, 0.15) is 53.5 Å². The molecule has 0 N–H and O–H groups in total. The van der Waals surface area contributed by atoms with Crippen LogP contribution in [0.5, 0.6) is 5.75 Å². The molecular weight excluding hydrogens is 434 g/mol. The first-order valence-electron chi connectivity index (χ1n) is 11.5. The third-order valence-electron chi connectivity index (χ3n) is 6.12. The van der Waals surface area contributed by atoms with Crippen molar-refractivity contribution in [3.63, 3.8) is 0 Å². The van der Waals surface area contributed by atoms with E-state index >= 15 is 0 Å². The Labute approximate surface area is 197 Å². The van der Waals surface area contributed by atoms with Crippen molar-refractivity contribution in [3.05, 3.63) is 71.9 Å². The molecule has 9 nitrogen and oxygen atoms in total. The molecule has 176 valence electrons. The highest BCUT2D eigenvalue weighted by Crippen LogP contribution is 2.29. The number of piperidine rings is 1. The first kappa shape index (κ1) is 21.9. The standard InChI is InChI=1S/C25H27N5O4/c1-3-30-16-19(13-27-30)22-12-23(34-28-22)25(31)29-9-5-7-18(15-29)24-26-14-21(33-24)11-17-6-4-8-20(10-17)32-2/h4,6,8,10,12-14,16,18H,3,5,7,9,11,15H2,1-2H3/t18-/m1/s1. The van der Waals surface area contributed by atoms with E-state index in [1.165, 1.54) is 0 Å². The number of nitrogens with zero attached hydrogens (tertiary/aromatic N) is 5. The lowest BCUT2D eigenvalue weighted by Gasteiger charge is -2.30. The zero-order valence-corrected chi connectivity index (χ0v) is 19.3. The van der Waals surface area contributed by atoms with Crippen molar-refractivity contribution in [2.45, 2.75) is 38.6 Å². The van der Waals surface area contributed by atoms with E-state index in [-0.39, 0.29) is 17.6 Å². The highest BCUT2D eigenvalue weighted by atomic mass is 16.5. The number of ether oxygens (including phenoxy) is 1. The number of benzene rings is 1. The van der Waals surface area contributed by atoms with Crippen LogP contribution in [0.2, 0.25) is 0 Å². The van der Waals surface area contributed by atoms with E-state index in [2.05, 4.69) is 15.2 Å². The van der Waals surface area contributed by atoms with Crippen molar-refractivity contribution in [2.75, 3.05) is 20.2 Å². The highest BCUT2D eigenvalue weighted by Gasteiger charge is 2.30. The zero-order valence-electron chi connectivity index (χ0n) is 19.3. The quantitative estimate of drug-likeness (QED) is 0.407.